The number of amides is 2. The van der Waals surface area contributed by atoms with E-state index >= 15 is 0 Å². The number of nitrogens with two attached hydrogens (primary N) is 1. The van der Waals surface area contributed by atoms with Crippen LogP contribution in [0.15, 0.2) is 30.3 Å². The van der Waals surface area contributed by atoms with E-state index in [0.717, 1.165) is 6.07 Å². The van der Waals surface area contributed by atoms with Crippen LogP contribution in [0.5, 0.6) is 0 Å². The van der Waals surface area contributed by atoms with Crippen LogP contribution < -0.4 is 11.1 Å². The maximum absolute atomic E-state index is 14.6. The number of nitrogen functional groups attached to an aromatic ring is 1. The molecule has 3 N–H and O–H groups in total. The number of fused-ring (bicyclic) bond motifs is 1. The summed E-state index contributed by atoms with van der Waals surface area (Å²) < 4.78 is 33.9. The van der Waals surface area contributed by atoms with Crippen molar-refractivity contribution in [2.75, 3.05) is 17.7 Å². The van der Waals surface area contributed by atoms with Crippen molar-refractivity contribution in [2.45, 2.75) is 38.3 Å². The van der Waals surface area contributed by atoms with Crippen LogP contribution in [-0.4, -0.2) is 52.1 Å². The van der Waals surface area contributed by atoms with Crippen molar-refractivity contribution in [3.63, 3.8) is 0 Å². The van der Waals surface area contributed by atoms with Gasteiger partial charge in [-0.3, -0.25) is 14.4 Å². The number of nitrogens with zero attached hydrogens (tertiary/aromatic N) is 2. The summed E-state index contributed by atoms with van der Waals surface area (Å²) in [6.07, 6.45) is 2.20. The number of benzene rings is 1. The number of aromatic nitrogens is 1. The van der Waals surface area contributed by atoms with Crippen molar-refractivity contribution < 1.29 is 32.7 Å². The molecule has 9 nitrogen and oxygen atoms in total. The highest BCUT2D eigenvalue weighted by molar-refractivity contribution is 6.31. The Kier molecular flexibility index (Phi) is 7.02. The van der Waals surface area contributed by atoms with Crippen molar-refractivity contribution >= 4 is 52.2 Å². The number of ketones is 1. The molecule has 1 saturated heterocycles. The topological polar surface area (TPSA) is 132 Å². The maximum Gasteiger partial charge on any atom is 0.329 e. The van der Waals surface area contributed by atoms with Crippen LogP contribution in [0.2, 0.25) is 5.02 Å². The molecule has 0 aliphatic carbocycles. The zero-order valence-electron chi connectivity index (χ0n) is 19.0. The zero-order chi connectivity index (χ0) is 26.1. The molecule has 1 fully saturated rings. The number of hydrogen-bond donors (Lipinski definition) is 2. The molecule has 2 atom stereocenters. The summed E-state index contributed by atoms with van der Waals surface area (Å²) >= 11 is 5.87. The molecule has 4 rings (SSSR count). The van der Waals surface area contributed by atoms with Crippen LogP contribution >= 0.6 is 11.6 Å². The zero-order valence-corrected chi connectivity index (χ0v) is 19.8. The average Bonchev–Trinajstić information content (AvgIpc) is 3.24. The number of carbonyl (C=O) groups excluding carboxylic acids is 4. The molecule has 0 bridgehead atoms. The Balaban J connectivity index is 1.43. The van der Waals surface area contributed by atoms with Crippen LogP contribution in [0.25, 0.3) is 5.57 Å². The number of esters is 1. The SMILES string of the molecule is CC(=O)Nc1ccc(C(=O)COC(=O)[C@@H]2CCC3CC(c4c(N)ccc(Cl)c4F)=CC(=O)N32)c(F)n1. The van der Waals surface area contributed by atoms with Gasteiger partial charge in [0.2, 0.25) is 23.5 Å². The minimum absolute atomic E-state index is 0.0623. The Hall–Kier alpha value is -3.86. The van der Waals surface area contributed by atoms with E-state index < -0.39 is 59.6 Å². The molecule has 1 aromatic heterocycles. The minimum Gasteiger partial charge on any atom is -0.456 e. The van der Waals surface area contributed by atoms with Gasteiger partial charge in [0.15, 0.2) is 12.4 Å². The summed E-state index contributed by atoms with van der Waals surface area (Å²) in [6, 6.07) is 3.81. The lowest BCUT2D eigenvalue weighted by molar-refractivity contribution is -0.152. The fraction of sp³-hybridized carbons (Fsp3) is 0.292. The Morgan fingerprint density at radius 2 is 1.97 bits per heavy atom. The third-order valence-corrected chi connectivity index (χ3v) is 6.32. The highest BCUT2D eigenvalue weighted by Gasteiger charge is 2.44. The van der Waals surface area contributed by atoms with E-state index in [1.807, 2.05) is 0 Å². The quantitative estimate of drug-likeness (QED) is 0.260. The summed E-state index contributed by atoms with van der Waals surface area (Å²) in [4.78, 5) is 53.8. The lowest BCUT2D eigenvalue weighted by Gasteiger charge is -2.33. The number of pyridine rings is 1. The van der Waals surface area contributed by atoms with Gasteiger partial charge in [-0.1, -0.05) is 11.6 Å². The molecule has 3 heterocycles. The number of hydrogen-bond acceptors (Lipinski definition) is 7. The average molecular weight is 519 g/mol. The van der Waals surface area contributed by atoms with Gasteiger partial charge in [-0.05, 0) is 49.1 Å². The molecule has 0 spiro atoms. The molecule has 188 valence electrons. The lowest BCUT2D eigenvalue weighted by Crippen LogP contribution is -2.47. The molecule has 2 amide bonds. The molecule has 12 heteroatoms. The number of nitrogens with one attached hydrogen (secondary N) is 1. The van der Waals surface area contributed by atoms with Crippen LogP contribution in [-0.2, 0) is 19.1 Å². The van der Waals surface area contributed by atoms with E-state index in [4.69, 9.17) is 22.1 Å². The number of halogens is 3. The van der Waals surface area contributed by atoms with E-state index in [-0.39, 0.29) is 34.9 Å². The molecule has 1 aromatic carbocycles. The number of rotatable bonds is 6. The van der Waals surface area contributed by atoms with E-state index in [1.54, 1.807) is 0 Å². The molecular weight excluding hydrogens is 498 g/mol. The fourth-order valence-electron chi connectivity index (χ4n) is 4.45. The van der Waals surface area contributed by atoms with Gasteiger partial charge in [0, 0.05) is 30.3 Å². The summed E-state index contributed by atoms with van der Waals surface area (Å²) in [5, 5.41) is 2.17. The second kappa shape index (κ2) is 10.0. The van der Waals surface area contributed by atoms with Gasteiger partial charge >= 0.3 is 5.97 Å². The molecule has 0 radical (unpaired) electrons. The predicted molar refractivity (Wildman–Crippen MR) is 126 cm³/mol. The van der Waals surface area contributed by atoms with Gasteiger partial charge in [-0.15, -0.1) is 0 Å². The summed E-state index contributed by atoms with van der Waals surface area (Å²) in [5.41, 5.74) is 6.09. The second-order valence-electron chi connectivity index (χ2n) is 8.44. The first kappa shape index (κ1) is 25.2. The maximum atomic E-state index is 14.6. The molecule has 36 heavy (non-hydrogen) atoms. The Morgan fingerprint density at radius 3 is 2.67 bits per heavy atom. The first-order valence-electron chi connectivity index (χ1n) is 11.0. The van der Waals surface area contributed by atoms with Gasteiger partial charge in [-0.2, -0.15) is 4.39 Å². The van der Waals surface area contributed by atoms with Crippen molar-refractivity contribution in [3.05, 3.63) is 58.3 Å². The number of Topliss-reactive ketones (excluding diaryl/α,β-unsaturated/α-hetero) is 1. The van der Waals surface area contributed by atoms with Crippen molar-refractivity contribution in [1.29, 1.82) is 0 Å². The summed E-state index contributed by atoms with van der Waals surface area (Å²) in [7, 11) is 0. The Bertz CT molecular complexity index is 1320. The van der Waals surface area contributed by atoms with Crippen LogP contribution in [0, 0.1) is 11.8 Å². The normalized spacial score (nSPS) is 18.9. The van der Waals surface area contributed by atoms with Crippen molar-refractivity contribution in [3.8, 4) is 0 Å². The van der Waals surface area contributed by atoms with Gasteiger partial charge < -0.3 is 20.7 Å². The molecule has 2 aliphatic heterocycles. The fourth-order valence-corrected chi connectivity index (χ4v) is 4.61. The van der Waals surface area contributed by atoms with E-state index in [1.165, 1.54) is 36.1 Å². The van der Waals surface area contributed by atoms with E-state index in [2.05, 4.69) is 10.3 Å². The van der Waals surface area contributed by atoms with Crippen LogP contribution in [0.3, 0.4) is 0 Å². The largest absolute Gasteiger partial charge is 0.456 e. The standard InChI is InChI=1S/C24H21ClF2N4O5/c1-11(32)29-19-7-3-14(23(27)30-19)18(33)10-36-24(35)17-6-2-13-8-12(9-20(34)31(13)17)21-16(28)5-4-15(25)22(21)26/h3-5,7,9,13,17H,2,6,8,10,28H2,1H3,(H,29,30,32)/t13?,17-/m0/s1. The van der Waals surface area contributed by atoms with Gasteiger partial charge in [0.1, 0.15) is 11.9 Å². The second-order valence-corrected chi connectivity index (χ2v) is 8.85. The summed E-state index contributed by atoms with van der Waals surface area (Å²) in [6.45, 7) is 0.464. The van der Waals surface area contributed by atoms with E-state index in [0.29, 0.717) is 12.0 Å². The number of carbonyl (C=O) groups is 4. The highest BCUT2D eigenvalue weighted by atomic mass is 35.5. The first-order chi connectivity index (χ1) is 17.1. The minimum atomic E-state index is -1.13. The number of ether oxygens (including phenoxy) is 1. The van der Waals surface area contributed by atoms with Gasteiger partial charge in [0.25, 0.3) is 0 Å². The van der Waals surface area contributed by atoms with Crippen LogP contribution in [0.1, 0.15) is 42.1 Å². The van der Waals surface area contributed by atoms with Crippen molar-refractivity contribution in [1.82, 2.24) is 9.88 Å². The Morgan fingerprint density at radius 1 is 1.22 bits per heavy atom. The monoisotopic (exact) mass is 518 g/mol. The highest BCUT2D eigenvalue weighted by Crippen LogP contribution is 2.39. The molecule has 0 saturated carbocycles. The Labute approximate surface area is 209 Å². The third kappa shape index (κ3) is 4.92. The smallest absolute Gasteiger partial charge is 0.329 e. The molecule has 2 aliphatic rings. The number of anilines is 2. The van der Waals surface area contributed by atoms with Crippen molar-refractivity contribution in [2.24, 2.45) is 0 Å². The van der Waals surface area contributed by atoms with Gasteiger partial charge in [0.05, 0.1) is 10.6 Å². The molecule has 2 aromatic rings. The predicted octanol–water partition coefficient (Wildman–Crippen LogP) is 3.13. The first-order valence-corrected chi connectivity index (χ1v) is 11.3. The van der Waals surface area contributed by atoms with E-state index in [9.17, 15) is 28.0 Å². The molecular formula is C24H21ClF2N4O5. The third-order valence-electron chi connectivity index (χ3n) is 6.03. The lowest BCUT2D eigenvalue weighted by atomic mass is 9.92. The summed E-state index contributed by atoms with van der Waals surface area (Å²) in [5.74, 6) is -4.54. The van der Waals surface area contributed by atoms with Crippen LogP contribution in [0.4, 0.5) is 20.3 Å². The molecule has 1 unspecified atom stereocenters. The van der Waals surface area contributed by atoms with Gasteiger partial charge in [-0.25, -0.2) is 14.2 Å².